The summed E-state index contributed by atoms with van der Waals surface area (Å²) in [6.45, 7) is 3.63. The van der Waals surface area contributed by atoms with Crippen LogP contribution in [0.15, 0.2) is 54.7 Å². The first kappa shape index (κ1) is 25.3. The molecule has 3 aliphatic rings. The Hall–Kier alpha value is -3.98. The number of amides is 2. The maximum atomic E-state index is 13.3. The van der Waals surface area contributed by atoms with Crippen LogP contribution in [0, 0.1) is 0 Å². The SMILES string of the molecule is CNC(=O)C(CCC=O)N1Cc2c(ccc3c2OCC32CCN(Cc3ccnn3-c3ccccc3)CC2)C1=O. The van der Waals surface area contributed by atoms with E-state index in [1.807, 2.05) is 35.1 Å². The molecule has 9 heteroatoms. The summed E-state index contributed by atoms with van der Waals surface area (Å²) in [5.41, 5.74) is 4.79. The van der Waals surface area contributed by atoms with E-state index in [0.29, 0.717) is 25.1 Å². The van der Waals surface area contributed by atoms with Crippen molar-refractivity contribution in [2.45, 2.75) is 50.2 Å². The van der Waals surface area contributed by atoms with Crippen molar-refractivity contribution < 1.29 is 19.1 Å². The third-order valence-electron chi connectivity index (χ3n) is 8.55. The van der Waals surface area contributed by atoms with Crippen LogP contribution in [0.4, 0.5) is 0 Å². The number of piperidine rings is 1. The number of hydrogen-bond donors (Lipinski definition) is 1. The molecule has 0 saturated carbocycles. The van der Waals surface area contributed by atoms with Crippen molar-refractivity contribution in [1.82, 2.24) is 24.9 Å². The molecular weight excluding hydrogens is 494 g/mol. The average Bonchev–Trinajstić information content (AvgIpc) is 3.67. The minimum absolute atomic E-state index is 0.0747. The highest BCUT2D eigenvalue weighted by atomic mass is 16.5. The second-order valence-corrected chi connectivity index (χ2v) is 10.7. The smallest absolute Gasteiger partial charge is 0.255 e. The molecule has 2 aromatic carbocycles. The highest BCUT2D eigenvalue weighted by Gasteiger charge is 2.47. The van der Waals surface area contributed by atoms with Gasteiger partial charge in [0.25, 0.3) is 5.91 Å². The van der Waals surface area contributed by atoms with Gasteiger partial charge in [-0.15, -0.1) is 0 Å². The van der Waals surface area contributed by atoms with E-state index < -0.39 is 6.04 Å². The van der Waals surface area contributed by atoms with Gasteiger partial charge in [0.05, 0.1) is 24.5 Å². The van der Waals surface area contributed by atoms with Crippen LogP contribution in [0.2, 0.25) is 0 Å². The molecule has 1 N–H and O–H groups in total. The Kier molecular flexibility index (Phi) is 6.68. The number of para-hydroxylation sites is 1. The van der Waals surface area contributed by atoms with Crippen molar-refractivity contribution in [3.8, 4) is 11.4 Å². The first-order valence-corrected chi connectivity index (χ1v) is 13.6. The highest BCUT2D eigenvalue weighted by Crippen LogP contribution is 2.49. The van der Waals surface area contributed by atoms with Gasteiger partial charge in [0.1, 0.15) is 18.1 Å². The lowest BCUT2D eigenvalue weighted by atomic mass is 9.74. The fourth-order valence-corrected chi connectivity index (χ4v) is 6.36. The normalized spacial score (nSPS) is 18.5. The molecule has 39 heavy (non-hydrogen) atoms. The number of likely N-dealkylation sites (tertiary alicyclic amines) is 1. The Bertz CT molecular complexity index is 1390. The van der Waals surface area contributed by atoms with Gasteiger partial charge in [0.15, 0.2) is 0 Å². The van der Waals surface area contributed by atoms with Gasteiger partial charge in [-0.25, -0.2) is 4.68 Å². The number of benzene rings is 2. The van der Waals surface area contributed by atoms with Crippen LogP contribution >= 0.6 is 0 Å². The fourth-order valence-electron chi connectivity index (χ4n) is 6.36. The van der Waals surface area contributed by atoms with Gasteiger partial charge in [-0.3, -0.25) is 14.5 Å². The lowest BCUT2D eigenvalue weighted by Gasteiger charge is -2.38. The molecule has 1 aromatic heterocycles. The first-order chi connectivity index (χ1) is 19.0. The number of carbonyl (C=O) groups excluding carboxylic acids is 3. The predicted molar refractivity (Wildman–Crippen MR) is 145 cm³/mol. The summed E-state index contributed by atoms with van der Waals surface area (Å²) < 4.78 is 8.33. The third-order valence-corrected chi connectivity index (χ3v) is 8.55. The molecule has 1 unspecified atom stereocenters. The topological polar surface area (TPSA) is 96.8 Å². The molecule has 1 atom stereocenters. The Labute approximate surface area is 227 Å². The quantitative estimate of drug-likeness (QED) is 0.453. The van der Waals surface area contributed by atoms with Crippen LogP contribution < -0.4 is 10.1 Å². The molecule has 3 aliphatic heterocycles. The number of aldehydes is 1. The van der Waals surface area contributed by atoms with Gasteiger partial charge in [-0.05, 0) is 56.6 Å². The van der Waals surface area contributed by atoms with Gasteiger partial charge in [-0.2, -0.15) is 5.10 Å². The number of ether oxygens (including phenoxy) is 1. The third kappa shape index (κ3) is 4.40. The van der Waals surface area contributed by atoms with E-state index in [2.05, 4.69) is 39.6 Å². The zero-order chi connectivity index (χ0) is 27.0. The number of nitrogens with one attached hydrogen (secondary N) is 1. The van der Waals surface area contributed by atoms with E-state index in [-0.39, 0.29) is 23.7 Å². The number of rotatable bonds is 8. The summed E-state index contributed by atoms with van der Waals surface area (Å²) in [6.07, 6.45) is 5.10. The second kappa shape index (κ2) is 10.3. The minimum Gasteiger partial charge on any atom is -0.492 e. The molecule has 0 aliphatic carbocycles. The molecule has 1 fully saturated rings. The molecule has 6 rings (SSSR count). The van der Waals surface area contributed by atoms with Gasteiger partial charge in [-0.1, -0.05) is 24.3 Å². The Balaban J connectivity index is 1.18. The molecule has 1 saturated heterocycles. The van der Waals surface area contributed by atoms with E-state index in [1.54, 1.807) is 11.9 Å². The number of aromatic nitrogens is 2. The van der Waals surface area contributed by atoms with Crippen LogP contribution in [0.1, 0.15) is 52.9 Å². The number of fused-ring (bicyclic) bond motifs is 4. The molecule has 3 aromatic rings. The summed E-state index contributed by atoms with van der Waals surface area (Å²) in [5, 5.41) is 7.18. The van der Waals surface area contributed by atoms with E-state index >= 15 is 0 Å². The minimum atomic E-state index is -0.682. The Morgan fingerprint density at radius 1 is 1.15 bits per heavy atom. The van der Waals surface area contributed by atoms with E-state index in [4.69, 9.17) is 4.74 Å². The van der Waals surface area contributed by atoms with Gasteiger partial charge < -0.3 is 19.7 Å². The molecule has 2 amide bonds. The summed E-state index contributed by atoms with van der Waals surface area (Å²) >= 11 is 0. The van der Waals surface area contributed by atoms with Crippen molar-refractivity contribution in [3.05, 3.63) is 77.1 Å². The van der Waals surface area contributed by atoms with E-state index in [9.17, 15) is 14.4 Å². The molecule has 1 spiro atoms. The predicted octanol–water partition coefficient (Wildman–Crippen LogP) is 2.85. The standard InChI is InChI=1S/C30H33N5O4/c1-31-28(37)26(8-5-17-36)34-19-24-23(29(34)38)9-10-25-27(24)39-20-30(25)12-15-33(16-13-30)18-22-11-14-32-35(22)21-6-3-2-4-7-21/h2-4,6-7,9-11,14,17,26H,5,8,12-13,15-16,18-20H2,1H3,(H,31,37). The molecule has 0 radical (unpaired) electrons. The summed E-state index contributed by atoms with van der Waals surface area (Å²) in [5.74, 6) is 0.375. The summed E-state index contributed by atoms with van der Waals surface area (Å²) in [6, 6.07) is 15.6. The van der Waals surface area contributed by atoms with Crippen molar-refractivity contribution in [3.63, 3.8) is 0 Å². The largest absolute Gasteiger partial charge is 0.492 e. The average molecular weight is 528 g/mol. The Morgan fingerprint density at radius 2 is 1.95 bits per heavy atom. The van der Waals surface area contributed by atoms with Gasteiger partial charge >= 0.3 is 0 Å². The molecule has 202 valence electrons. The van der Waals surface area contributed by atoms with Gasteiger partial charge in [0.2, 0.25) is 5.91 Å². The summed E-state index contributed by atoms with van der Waals surface area (Å²) in [7, 11) is 1.55. The first-order valence-electron chi connectivity index (χ1n) is 13.6. The zero-order valence-corrected chi connectivity index (χ0v) is 22.1. The molecule has 9 nitrogen and oxygen atoms in total. The van der Waals surface area contributed by atoms with Crippen molar-refractivity contribution in [1.29, 1.82) is 0 Å². The number of likely N-dealkylation sites (N-methyl/N-ethyl adjacent to an activating group) is 1. The van der Waals surface area contributed by atoms with Crippen LogP contribution in [-0.2, 0) is 28.1 Å². The highest BCUT2D eigenvalue weighted by molar-refractivity contribution is 6.02. The molecule has 4 heterocycles. The fraction of sp³-hybridized carbons (Fsp3) is 0.400. The zero-order valence-electron chi connectivity index (χ0n) is 22.1. The van der Waals surface area contributed by atoms with Crippen LogP contribution in [0.3, 0.4) is 0 Å². The summed E-state index contributed by atoms with van der Waals surface area (Å²) in [4.78, 5) is 40.9. The Morgan fingerprint density at radius 3 is 2.69 bits per heavy atom. The van der Waals surface area contributed by atoms with Crippen LogP contribution in [0.5, 0.6) is 5.75 Å². The maximum Gasteiger partial charge on any atom is 0.255 e. The van der Waals surface area contributed by atoms with Crippen LogP contribution in [0.25, 0.3) is 5.69 Å². The maximum absolute atomic E-state index is 13.3. The molecule has 0 bridgehead atoms. The second-order valence-electron chi connectivity index (χ2n) is 10.7. The molecular formula is C30H33N5O4. The number of nitrogens with zero attached hydrogens (tertiary/aromatic N) is 4. The van der Waals surface area contributed by atoms with Crippen LogP contribution in [-0.4, -0.2) is 70.5 Å². The lowest BCUT2D eigenvalue weighted by molar-refractivity contribution is -0.125. The van der Waals surface area contributed by atoms with Crippen molar-refractivity contribution >= 4 is 18.1 Å². The van der Waals surface area contributed by atoms with E-state index in [1.165, 1.54) is 5.56 Å². The van der Waals surface area contributed by atoms with Gasteiger partial charge in [0, 0.05) is 48.3 Å². The van der Waals surface area contributed by atoms with E-state index in [0.717, 1.165) is 61.5 Å². The van der Waals surface area contributed by atoms with Crippen molar-refractivity contribution in [2.24, 2.45) is 0 Å². The number of hydrogen-bond acceptors (Lipinski definition) is 6. The lowest BCUT2D eigenvalue weighted by Crippen LogP contribution is -2.46. The monoisotopic (exact) mass is 527 g/mol. The number of carbonyl (C=O) groups is 3. The van der Waals surface area contributed by atoms with Crippen molar-refractivity contribution in [2.75, 3.05) is 26.7 Å².